The molecule has 0 atom stereocenters. The Kier molecular flexibility index (Phi) is 3.61. The van der Waals surface area contributed by atoms with Gasteiger partial charge in [0.1, 0.15) is 5.75 Å². The van der Waals surface area contributed by atoms with Gasteiger partial charge in [-0.15, -0.1) is 6.58 Å². The highest BCUT2D eigenvalue weighted by atomic mass is 16.5. The summed E-state index contributed by atoms with van der Waals surface area (Å²) in [4.78, 5) is 20.8. The summed E-state index contributed by atoms with van der Waals surface area (Å²) in [7, 11) is 0. The molecule has 0 aliphatic rings. The Labute approximate surface area is 82.0 Å². The van der Waals surface area contributed by atoms with Crippen LogP contribution in [0, 0.1) is 0 Å². The topological polar surface area (TPSA) is 43.4 Å². The Morgan fingerprint density at radius 2 is 2.14 bits per heavy atom. The van der Waals surface area contributed by atoms with Gasteiger partial charge in [-0.1, -0.05) is 24.3 Å². The lowest BCUT2D eigenvalue weighted by atomic mass is 10.1. The predicted octanol–water partition coefficient (Wildman–Crippen LogP) is 1.52. The van der Waals surface area contributed by atoms with E-state index < -0.39 is 5.97 Å². The molecule has 0 aromatic heterocycles. The van der Waals surface area contributed by atoms with Crippen molar-refractivity contribution in [3.63, 3.8) is 0 Å². The molecule has 0 heterocycles. The Hall–Kier alpha value is -1.90. The van der Waals surface area contributed by atoms with Crippen LogP contribution in [0.4, 0.5) is 0 Å². The molecule has 0 saturated heterocycles. The fraction of sp³-hybridized carbons (Fsp3) is 0.0909. The van der Waals surface area contributed by atoms with Gasteiger partial charge in [-0.3, -0.25) is 4.79 Å². The molecule has 0 fully saturated rings. The van der Waals surface area contributed by atoms with Gasteiger partial charge < -0.3 is 4.74 Å². The van der Waals surface area contributed by atoms with E-state index >= 15 is 0 Å². The summed E-state index contributed by atoms with van der Waals surface area (Å²) in [6.07, 6.45) is 2.45. The van der Waals surface area contributed by atoms with Gasteiger partial charge in [-0.2, -0.15) is 0 Å². The third-order valence-electron chi connectivity index (χ3n) is 1.64. The van der Waals surface area contributed by atoms with Crippen LogP contribution in [-0.2, 0) is 16.0 Å². The summed E-state index contributed by atoms with van der Waals surface area (Å²) in [5, 5.41) is 0. The smallest absolute Gasteiger partial charge is 0.376 e. The van der Waals surface area contributed by atoms with Crippen LogP contribution in [0.2, 0.25) is 0 Å². The van der Waals surface area contributed by atoms with Crippen molar-refractivity contribution < 1.29 is 14.3 Å². The van der Waals surface area contributed by atoms with E-state index in [0.29, 0.717) is 12.2 Å². The molecule has 0 amide bonds. The number of para-hydroxylation sites is 1. The number of hydrogen-bond acceptors (Lipinski definition) is 3. The molecule has 3 heteroatoms. The molecular formula is C11H10O3. The number of hydrogen-bond donors (Lipinski definition) is 0. The fourth-order valence-electron chi connectivity index (χ4n) is 1.06. The average molecular weight is 190 g/mol. The van der Waals surface area contributed by atoms with Gasteiger partial charge in [0.15, 0.2) is 0 Å². The number of carbonyl (C=O) groups excluding carboxylic acids is 2. The molecule has 1 aromatic carbocycles. The Morgan fingerprint density at radius 1 is 1.43 bits per heavy atom. The molecule has 0 aliphatic heterocycles. The fourth-order valence-corrected chi connectivity index (χ4v) is 1.06. The van der Waals surface area contributed by atoms with E-state index in [-0.39, 0.29) is 6.29 Å². The molecule has 0 unspecified atom stereocenters. The largest absolute Gasteiger partial charge is 0.421 e. The summed E-state index contributed by atoms with van der Waals surface area (Å²) in [5.74, 6) is -0.481. The zero-order chi connectivity index (χ0) is 10.4. The molecule has 0 spiro atoms. The zero-order valence-corrected chi connectivity index (χ0v) is 7.60. The van der Waals surface area contributed by atoms with Crippen LogP contribution >= 0.6 is 0 Å². The minimum Gasteiger partial charge on any atom is -0.421 e. The monoisotopic (exact) mass is 190 g/mol. The first-order valence-electron chi connectivity index (χ1n) is 4.13. The van der Waals surface area contributed by atoms with Crippen LogP contribution in [0.1, 0.15) is 5.56 Å². The minimum atomic E-state index is -0.887. The second-order valence-corrected chi connectivity index (χ2v) is 2.64. The molecule has 0 bridgehead atoms. The van der Waals surface area contributed by atoms with Crippen LogP contribution in [0.5, 0.6) is 5.75 Å². The van der Waals surface area contributed by atoms with Crippen LogP contribution in [0.25, 0.3) is 0 Å². The molecular weight excluding hydrogens is 180 g/mol. The van der Waals surface area contributed by atoms with Gasteiger partial charge in [0.25, 0.3) is 0 Å². The highest BCUT2D eigenvalue weighted by Gasteiger charge is 2.05. The predicted molar refractivity (Wildman–Crippen MR) is 52.0 cm³/mol. The van der Waals surface area contributed by atoms with Gasteiger partial charge in [0, 0.05) is 0 Å². The minimum absolute atomic E-state index is 0.144. The van der Waals surface area contributed by atoms with E-state index in [4.69, 9.17) is 4.74 Å². The maximum atomic E-state index is 10.7. The molecule has 0 N–H and O–H groups in total. The van der Waals surface area contributed by atoms with Crippen molar-refractivity contribution >= 4 is 12.3 Å². The number of aldehydes is 1. The second kappa shape index (κ2) is 4.97. The molecule has 72 valence electrons. The maximum absolute atomic E-state index is 10.7. The first-order valence-corrected chi connectivity index (χ1v) is 4.13. The van der Waals surface area contributed by atoms with E-state index in [1.165, 1.54) is 0 Å². The lowest BCUT2D eigenvalue weighted by Gasteiger charge is -2.05. The molecule has 0 saturated carbocycles. The van der Waals surface area contributed by atoms with Crippen LogP contribution in [0.3, 0.4) is 0 Å². The lowest BCUT2D eigenvalue weighted by Crippen LogP contribution is -2.09. The second-order valence-electron chi connectivity index (χ2n) is 2.64. The van der Waals surface area contributed by atoms with Crippen LogP contribution in [0.15, 0.2) is 36.9 Å². The van der Waals surface area contributed by atoms with Crippen molar-refractivity contribution in [3.8, 4) is 5.75 Å². The third-order valence-corrected chi connectivity index (χ3v) is 1.64. The van der Waals surface area contributed by atoms with Gasteiger partial charge in [-0.25, -0.2) is 4.79 Å². The quantitative estimate of drug-likeness (QED) is 0.238. The van der Waals surface area contributed by atoms with E-state index in [1.54, 1.807) is 18.2 Å². The number of allylic oxidation sites excluding steroid dienone is 1. The first kappa shape index (κ1) is 10.2. The van der Waals surface area contributed by atoms with Crippen molar-refractivity contribution in [2.75, 3.05) is 0 Å². The van der Waals surface area contributed by atoms with Gasteiger partial charge in [-0.05, 0) is 18.1 Å². The molecule has 0 radical (unpaired) electrons. The van der Waals surface area contributed by atoms with E-state index in [9.17, 15) is 9.59 Å². The van der Waals surface area contributed by atoms with E-state index in [0.717, 1.165) is 5.56 Å². The highest BCUT2D eigenvalue weighted by Crippen LogP contribution is 2.18. The SMILES string of the molecule is C=CCc1ccccc1OC(=O)C=O. The summed E-state index contributed by atoms with van der Waals surface area (Å²) < 4.78 is 4.79. The van der Waals surface area contributed by atoms with Crippen molar-refractivity contribution in [1.82, 2.24) is 0 Å². The van der Waals surface area contributed by atoms with Crippen molar-refractivity contribution in [3.05, 3.63) is 42.5 Å². The Morgan fingerprint density at radius 3 is 2.79 bits per heavy atom. The van der Waals surface area contributed by atoms with E-state index in [1.807, 2.05) is 12.1 Å². The lowest BCUT2D eigenvalue weighted by molar-refractivity contribution is -0.141. The summed E-state index contributed by atoms with van der Waals surface area (Å²) in [6.45, 7) is 3.59. The summed E-state index contributed by atoms with van der Waals surface area (Å²) >= 11 is 0. The molecule has 0 aliphatic carbocycles. The number of carbonyl (C=O) groups is 2. The van der Waals surface area contributed by atoms with Crippen molar-refractivity contribution in [2.45, 2.75) is 6.42 Å². The van der Waals surface area contributed by atoms with Crippen LogP contribution in [-0.4, -0.2) is 12.3 Å². The Balaban J connectivity index is 2.88. The molecule has 14 heavy (non-hydrogen) atoms. The van der Waals surface area contributed by atoms with E-state index in [2.05, 4.69) is 6.58 Å². The van der Waals surface area contributed by atoms with Gasteiger partial charge in [0.2, 0.25) is 6.29 Å². The summed E-state index contributed by atoms with van der Waals surface area (Å²) in [6, 6.07) is 7.02. The molecule has 3 nitrogen and oxygen atoms in total. The number of esters is 1. The van der Waals surface area contributed by atoms with Gasteiger partial charge >= 0.3 is 5.97 Å². The first-order chi connectivity index (χ1) is 6.77. The standard InChI is InChI=1S/C11H10O3/c1-2-5-9-6-3-4-7-10(9)14-11(13)8-12/h2-4,6-8H,1,5H2. The average Bonchev–Trinajstić information content (AvgIpc) is 2.21. The van der Waals surface area contributed by atoms with Gasteiger partial charge in [0.05, 0.1) is 0 Å². The molecule has 1 rings (SSSR count). The molecule has 1 aromatic rings. The van der Waals surface area contributed by atoms with Crippen LogP contribution < -0.4 is 4.74 Å². The maximum Gasteiger partial charge on any atom is 0.376 e. The van der Waals surface area contributed by atoms with Crippen molar-refractivity contribution in [1.29, 1.82) is 0 Å². The zero-order valence-electron chi connectivity index (χ0n) is 7.60. The normalized spacial score (nSPS) is 9.14. The number of rotatable bonds is 4. The number of ether oxygens (including phenoxy) is 1. The summed E-state index contributed by atoms with van der Waals surface area (Å²) in [5.41, 5.74) is 0.831. The third kappa shape index (κ3) is 2.55. The number of benzene rings is 1. The Bertz CT molecular complexity index is 355. The van der Waals surface area contributed by atoms with Crippen molar-refractivity contribution in [2.24, 2.45) is 0 Å². The highest BCUT2D eigenvalue weighted by molar-refractivity contribution is 6.21.